The van der Waals surface area contributed by atoms with E-state index in [0.29, 0.717) is 16.8 Å². The van der Waals surface area contributed by atoms with E-state index in [1.165, 1.54) is 30.3 Å². The molecule has 0 atom stereocenters. The number of benzene rings is 2. The molecule has 0 heterocycles. The molecule has 1 amide bonds. The maximum absolute atomic E-state index is 12.0. The lowest BCUT2D eigenvalue weighted by atomic mass is 10.1. The Hall–Kier alpha value is -2.60. The number of allylic oxidation sites excluding steroid dienone is 2. The van der Waals surface area contributed by atoms with E-state index in [4.69, 9.17) is 0 Å². The second kappa shape index (κ2) is 7.60. The zero-order valence-corrected chi connectivity index (χ0v) is 13.9. The van der Waals surface area contributed by atoms with Crippen molar-refractivity contribution in [2.24, 2.45) is 0 Å². The summed E-state index contributed by atoms with van der Waals surface area (Å²) in [5.41, 5.74) is 6.61. The molecular formula is C17H15BrN2O3. The molecule has 0 saturated carbocycles. The Morgan fingerprint density at radius 3 is 2.13 bits per heavy atom. The Kier molecular flexibility index (Phi) is 5.54. The molecule has 0 fully saturated rings. The van der Waals surface area contributed by atoms with Gasteiger partial charge in [0.05, 0.1) is 0 Å². The first-order chi connectivity index (χ1) is 11.0. The molecule has 0 spiro atoms. The van der Waals surface area contributed by atoms with Gasteiger partial charge < -0.3 is 10.5 Å². The first-order valence-electron chi connectivity index (χ1n) is 6.79. The molecule has 0 radical (unpaired) electrons. The van der Waals surface area contributed by atoms with Gasteiger partial charge >= 0.3 is 0 Å². The van der Waals surface area contributed by atoms with Crippen molar-refractivity contribution in [3.05, 3.63) is 75.9 Å². The van der Waals surface area contributed by atoms with Crippen LogP contribution in [0.1, 0.15) is 27.6 Å². The second-order valence-corrected chi connectivity index (χ2v) is 5.74. The van der Waals surface area contributed by atoms with Crippen molar-refractivity contribution < 1.29 is 14.7 Å². The van der Waals surface area contributed by atoms with Gasteiger partial charge in [0.25, 0.3) is 5.91 Å². The van der Waals surface area contributed by atoms with Crippen LogP contribution in [0.2, 0.25) is 0 Å². The number of ketones is 1. The van der Waals surface area contributed by atoms with Crippen LogP contribution in [0.15, 0.2) is 64.8 Å². The van der Waals surface area contributed by atoms with Crippen LogP contribution in [-0.2, 0) is 0 Å². The van der Waals surface area contributed by atoms with E-state index in [1.54, 1.807) is 31.2 Å². The quantitative estimate of drug-likeness (QED) is 0.426. The number of phenols is 1. The molecule has 2 aromatic rings. The third-order valence-corrected chi connectivity index (χ3v) is 3.51. The van der Waals surface area contributed by atoms with Crippen molar-refractivity contribution in [2.75, 3.05) is 0 Å². The number of carbonyl (C=O) groups excluding carboxylic acids is 2. The lowest BCUT2D eigenvalue weighted by Crippen LogP contribution is -2.36. The summed E-state index contributed by atoms with van der Waals surface area (Å²) in [5.74, 6) is -0.444. The summed E-state index contributed by atoms with van der Waals surface area (Å²) >= 11 is 3.31. The van der Waals surface area contributed by atoms with Gasteiger partial charge in [-0.15, -0.1) is 0 Å². The number of rotatable bonds is 5. The largest absolute Gasteiger partial charge is 0.508 e. The highest BCUT2D eigenvalue weighted by atomic mass is 79.9. The Bertz CT molecular complexity index is 737. The van der Waals surface area contributed by atoms with Crippen LogP contribution < -0.4 is 10.9 Å². The molecule has 3 N–H and O–H groups in total. The molecule has 23 heavy (non-hydrogen) atoms. The number of nitrogens with one attached hydrogen (secondary N) is 2. The highest BCUT2D eigenvalue weighted by Crippen LogP contribution is 2.12. The minimum Gasteiger partial charge on any atom is -0.508 e. The van der Waals surface area contributed by atoms with Crippen molar-refractivity contribution >= 4 is 27.6 Å². The fourth-order valence-corrected chi connectivity index (χ4v) is 2.03. The smallest absolute Gasteiger partial charge is 0.269 e. The molecule has 0 unspecified atom stereocenters. The van der Waals surface area contributed by atoms with Gasteiger partial charge in [-0.3, -0.25) is 15.0 Å². The van der Waals surface area contributed by atoms with Crippen LogP contribution in [0.3, 0.4) is 0 Å². The fourth-order valence-electron chi connectivity index (χ4n) is 1.77. The highest BCUT2D eigenvalue weighted by molar-refractivity contribution is 9.10. The average molecular weight is 375 g/mol. The lowest BCUT2D eigenvalue weighted by molar-refractivity contribution is 0.0936. The molecule has 0 aliphatic carbocycles. The molecule has 0 aliphatic rings. The van der Waals surface area contributed by atoms with Gasteiger partial charge in [-0.2, -0.15) is 0 Å². The van der Waals surface area contributed by atoms with Crippen LogP contribution in [0, 0.1) is 0 Å². The SMILES string of the molecule is C/C(=C\C(=O)c1ccc(Br)cc1)NNC(=O)c1ccc(O)cc1. The van der Waals surface area contributed by atoms with Crippen molar-refractivity contribution in [1.82, 2.24) is 10.9 Å². The normalized spacial score (nSPS) is 11.0. The monoisotopic (exact) mass is 374 g/mol. The minimum absolute atomic E-state index is 0.0886. The zero-order chi connectivity index (χ0) is 16.8. The summed E-state index contributed by atoms with van der Waals surface area (Å²) in [5, 5.41) is 9.18. The zero-order valence-electron chi connectivity index (χ0n) is 12.3. The number of phenolic OH excluding ortho intramolecular Hbond substituents is 1. The van der Waals surface area contributed by atoms with E-state index in [2.05, 4.69) is 26.8 Å². The fraction of sp³-hybridized carbons (Fsp3) is 0.0588. The van der Waals surface area contributed by atoms with E-state index in [-0.39, 0.29) is 17.4 Å². The summed E-state index contributed by atoms with van der Waals surface area (Å²) < 4.78 is 0.897. The van der Waals surface area contributed by atoms with Crippen LogP contribution in [0.5, 0.6) is 5.75 Å². The van der Waals surface area contributed by atoms with E-state index < -0.39 is 0 Å². The van der Waals surface area contributed by atoms with Gasteiger partial charge in [0.1, 0.15) is 5.75 Å². The number of hydrogen-bond donors (Lipinski definition) is 3. The first-order valence-corrected chi connectivity index (χ1v) is 7.58. The number of hydrogen-bond acceptors (Lipinski definition) is 4. The maximum atomic E-state index is 12.0. The van der Waals surface area contributed by atoms with Gasteiger partial charge in [-0.1, -0.05) is 15.9 Å². The third kappa shape index (κ3) is 4.96. The van der Waals surface area contributed by atoms with E-state index in [9.17, 15) is 14.7 Å². The first kappa shape index (κ1) is 16.8. The van der Waals surface area contributed by atoms with Gasteiger partial charge in [-0.25, -0.2) is 0 Å². The molecule has 0 bridgehead atoms. The molecular weight excluding hydrogens is 360 g/mol. The van der Waals surface area contributed by atoms with Crippen LogP contribution in [0.25, 0.3) is 0 Å². The van der Waals surface area contributed by atoms with Crippen LogP contribution in [0.4, 0.5) is 0 Å². The summed E-state index contributed by atoms with van der Waals surface area (Å²) in [6.07, 6.45) is 1.40. The molecule has 0 aliphatic heterocycles. The van der Waals surface area contributed by atoms with E-state index in [0.717, 1.165) is 4.47 Å². The van der Waals surface area contributed by atoms with Gasteiger partial charge in [0.15, 0.2) is 5.78 Å². The molecule has 5 nitrogen and oxygen atoms in total. The predicted molar refractivity (Wildman–Crippen MR) is 90.9 cm³/mol. The van der Waals surface area contributed by atoms with E-state index >= 15 is 0 Å². The van der Waals surface area contributed by atoms with Crippen LogP contribution in [-0.4, -0.2) is 16.8 Å². The second-order valence-electron chi connectivity index (χ2n) is 4.82. The summed E-state index contributed by atoms with van der Waals surface area (Å²) in [6.45, 7) is 1.67. The highest BCUT2D eigenvalue weighted by Gasteiger charge is 2.06. The molecule has 0 aromatic heterocycles. The number of aromatic hydroxyl groups is 1. The number of carbonyl (C=O) groups is 2. The number of halogens is 1. The van der Waals surface area contributed by atoms with Crippen molar-refractivity contribution in [2.45, 2.75) is 6.92 Å². The average Bonchev–Trinajstić information content (AvgIpc) is 2.54. The molecule has 118 valence electrons. The molecule has 2 aromatic carbocycles. The van der Waals surface area contributed by atoms with Crippen LogP contribution >= 0.6 is 15.9 Å². The summed E-state index contributed by atoms with van der Waals surface area (Å²) in [6, 6.07) is 12.9. The van der Waals surface area contributed by atoms with Crippen molar-refractivity contribution in [3.63, 3.8) is 0 Å². The van der Waals surface area contributed by atoms with Crippen molar-refractivity contribution in [1.29, 1.82) is 0 Å². The van der Waals surface area contributed by atoms with Gasteiger partial charge in [0.2, 0.25) is 0 Å². The Morgan fingerprint density at radius 2 is 1.52 bits per heavy atom. The summed E-state index contributed by atoms with van der Waals surface area (Å²) in [4.78, 5) is 23.9. The third-order valence-electron chi connectivity index (χ3n) is 2.98. The molecule has 0 saturated heterocycles. The Balaban J connectivity index is 1.94. The van der Waals surface area contributed by atoms with Crippen molar-refractivity contribution in [3.8, 4) is 5.75 Å². The Morgan fingerprint density at radius 1 is 0.957 bits per heavy atom. The molecule has 2 rings (SSSR count). The van der Waals surface area contributed by atoms with E-state index in [1.807, 2.05) is 0 Å². The predicted octanol–water partition coefficient (Wildman–Crippen LogP) is 3.18. The standard InChI is InChI=1S/C17H15BrN2O3/c1-11(10-16(22)12-2-6-14(18)7-3-12)19-20-17(23)13-4-8-15(21)9-5-13/h2-10,19,21H,1H3,(H,20,23)/b11-10+. The lowest BCUT2D eigenvalue weighted by Gasteiger charge is -2.08. The molecule has 6 heteroatoms. The number of amides is 1. The number of hydrazine groups is 1. The summed E-state index contributed by atoms with van der Waals surface area (Å²) in [7, 11) is 0. The topological polar surface area (TPSA) is 78.4 Å². The Labute approximate surface area is 142 Å². The minimum atomic E-state index is -0.367. The van der Waals surface area contributed by atoms with Gasteiger partial charge in [-0.05, 0) is 55.5 Å². The maximum Gasteiger partial charge on any atom is 0.269 e. The van der Waals surface area contributed by atoms with Gasteiger partial charge in [0, 0.05) is 27.4 Å².